The summed E-state index contributed by atoms with van der Waals surface area (Å²) >= 11 is 19.3. The second-order valence-electron chi connectivity index (χ2n) is 4.47. The van der Waals surface area contributed by atoms with Crippen LogP contribution < -0.4 is 10.6 Å². The van der Waals surface area contributed by atoms with Crippen LogP contribution in [-0.4, -0.2) is 11.0 Å². The lowest BCUT2D eigenvalue weighted by Crippen LogP contribution is -2.34. The fourth-order valence-corrected chi connectivity index (χ4v) is 2.73. The average Bonchev–Trinajstić information content (AvgIpc) is 2.46. The Labute approximate surface area is 157 Å². The predicted octanol–water partition coefficient (Wildman–Crippen LogP) is 5.03. The lowest BCUT2D eigenvalue weighted by Gasteiger charge is -2.12. The van der Waals surface area contributed by atoms with Gasteiger partial charge in [-0.1, -0.05) is 35.3 Å². The molecule has 0 aliphatic carbocycles. The van der Waals surface area contributed by atoms with Crippen LogP contribution in [0.3, 0.4) is 0 Å². The Bertz CT molecular complexity index is 752. The molecule has 0 aliphatic rings. The zero-order valence-electron chi connectivity index (χ0n) is 11.4. The average molecular weight is 465 g/mol. The van der Waals surface area contributed by atoms with Crippen LogP contribution in [0, 0.1) is 10.5 Å². The number of anilines is 1. The van der Waals surface area contributed by atoms with Gasteiger partial charge in [0.2, 0.25) is 0 Å². The van der Waals surface area contributed by atoms with E-state index in [4.69, 9.17) is 35.4 Å². The molecular weight excluding hydrogens is 454 g/mol. The molecule has 0 heterocycles. The Morgan fingerprint density at radius 1 is 1.23 bits per heavy atom. The Hall–Kier alpha value is -0.890. The van der Waals surface area contributed by atoms with Crippen molar-refractivity contribution in [3.05, 3.63) is 61.1 Å². The summed E-state index contributed by atoms with van der Waals surface area (Å²) in [6.45, 7) is 1.98. The fourth-order valence-electron chi connectivity index (χ4n) is 1.66. The number of hydrogen-bond donors (Lipinski definition) is 2. The normalized spacial score (nSPS) is 10.2. The summed E-state index contributed by atoms with van der Waals surface area (Å²) in [6.07, 6.45) is 0. The molecule has 0 saturated carbocycles. The van der Waals surface area contributed by atoms with Gasteiger partial charge in [-0.3, -0.25) is 10.1 Å². The number of carbonyl (C=O) groups excluding carboxylic acids is 1. The highest BCUT2D eigenvalue weighted by atomic mass is 127. The van der Waals surface area contributed by atoms with E-state index < -0.39 is 0 Å². The van der Waals surface area contributed by atoms with Crippen molar-refractivity contribution < 1.29 is 4.79 Å². The first kappa shape index (κ1) is 17.5. The number of aryl methyl sites for hydroxylation is 1. The maximum Gasteiger partial charge on any atom is 0.257 e. The third-order valence-corrected chi connectivity index (χ3v) is 5.05. The molecule has 2 aromatic carbocycles. The first-order chi connectivity index (χ1) is 10.4. The van der Waals surface area contributed by atoms with E-state index in [9.17, 15) is 4.79 Å². The van der Waals surface area contributed by atoms with E-state index in [1.165, 1.54) is 0 Å². The maximum absolute atomic E-state index is 12.2. The van der Waals surface area contributed by atoms with Crippen LogP contribution in [0.5, 0.6) is 0 Å². The van der Waals surface area contributed by atoms with Gasteiger partial charge >= 0.3 is 0 Å². The summed E-state index contributed by atoms with van der Waals surface area (Å²) in [6, 6.07) is 10.6. The first-order valence-electron chi connectivity index (χ1n) is 6.21. The highest BCUT2D eigenvalue weighted by Gasteiger charge is 2.11. The smallest absolute Gasteiger partial charge is 0.257 e. The number of halogens is 3. The molecule has 0 aromatic heterocycles. The zero-order valence-corrected chi connectivity index (χ0v) is 15.9. The standard InChI is InChI=1S/C15H11Cl2IN2OS/c1-8-5-6-9(7-11(8)18)14(21)20-15(22)19-12-4-2-3-10(16)13(12)17/h2-7H,1H3,(H2,19,20,21,22). The highest BCUT2D eigenvalue weighted by Crippen LogP contribution is 2.29. The van der Waals surface area contributed by atoms with Gasteiger partial charge in [0.05, 0.1) is 15.7 Å². The number of nitrogens with one attached hydrogen (secondary N) is 2. The molecular formula is C15H11Cl2IN2OS. The van der Waals surface area contributed by atoms with Gasteiger partial charge in [0, 0.05) is 9.13 Å². The third-order valence-electron chi connectivity index (χ3n) is 2.86. The summed E-state index contributed by atoms with van der Waals surface area (Å²) in [5, 5.41) is 6.39. The summed E-state index contributed by atoms with van der Waals surface area (Å²) < 4.78 is 1.02. The van der Waals surface area contributed by atoms with Crippen LogP contribution in [0.15, 0.2) is 36.4 Å². The van der Waals surface area contributed by atoms with Crippen molar-refractivity contribution in [3.63, 3.8) is 0 Å². The van der Waals surface area contributed by atoms with Gasteiger partial charge in [-0.25, -0.2) is 0 Å². The van der Waals surface area contributed by atoms with E-state index in [1.807, 2.05) is 13.0 Å². The van der Waals surface area contributed by atoms with E-state index in [1.54, 1.807) is 30.3 Å². The third kappa shape index (κ3) is 4.32. The number of amides is 1. The summed E-state index contributed by atoms with van der Waals surface area (Å²) in [7, 11) is 0. The molecule has 0 bridgehead atoms. The predicted molar refractivity (Wildman–Crippen MR) is 104 cm³/mol. The lowest BCUT2D eigenvalue weighted by molar-refractivity contribution is 0.0977. The van der Waals surface area contributed by atoms with E-state index in [-0.39, 0.29) is 11.0 Å². The summed E-state index contributed by atoms with van der Waals surface area (Å²) in [4.78, 5) is 12.2. The Morgan fingerprint density at radius 2 is 1.95 bits per heavy atom. The van der Waals surface area contributed by atoms with Crippen molar-refractivity contribution >= 4 is 74.7 Å². The first-order valence-corrected chi connectivity index (χ1v) is 8.45. The Kier molecular flexibility index (Phi) is 6.02. The van der Waals surface area contributed by atoms with Gasteiger partial charge in [-0.2, -0.15) is 0 Å². The van der Waals surface area contributed by atoms with E-state index in [0.717, 1.165) is 9.13 Å². The monoisotopic (exact) mass is 464 g/mol. The number of rotatable bonds is 2. The van der Waals surface area contributed by atoms with Crippen molar-refractivity contribution in [2.45, 2.75) is 6.92 Å². The fraction of sp³-hybridized carbons (Fsp3) is 0.0667. The number of hydrogen-bond acceptors (Lipinski definition) is 2. The molecule has 2 rings (SSSR count). The van der Waals surface area contributed by atoms with Crippen LogP contribution in [0.2, 0.25) is 10.0 Å². The largest absolute Gasteiger partial charge is 0.331 e. The van der Waals surface area contributed by atoms with Gasteiger partial charge in [0.25, 0.3) is 5.91 Å². The number of thiocarbonyl (C=S) groups is 1. The minimum atomic E-state index is -0.284. The van der Waals surface area contributed by atoms with Crippen LogP contribution >= 0.6 is 58.0 Å². The molecule has 2 aromatic rings. The summed E-state index contributed by atoms with van der Waals surface area (Å²) in [5.41, 5.74) is 2.19. The van der Waals surface area contributed by atoms with Crippen molar-refractivity contribution in [1.29, 1.82) is 0 Å². The van der Waals surface area contributed by atoms with Crippen LogP contribution in [0.25, 0.3) is 0 Å². The van der Waals surface area contributed by atoms with Crippen molar-refractivity contribution in [2.24, 2.45) is 0 Å². The molecule has 3 nitrogen and oxygen atoms in total. The van der Waals surface area contributed by atoms with Crippen molar-refractivity contribution in [1.82, 2.24) is 5.32 Å². The van der Waals surface area contributed by atoms with Gasteiger partial charge in [-0.05, 0) is 71.6 Å². The molecule has 7 heteroatoms. The van der Waals surface area contributed by atoms with E-state index in [0.29, 0.717) is 21.3 Å². The van der Waals surface area contributed by atoms with Crippen molar-refractivity contribution in [2.75, 3.05) is 5.32 Å². The topological polar surface area (TPSA) is 41.1 Å². The molecule has 1 amide bonds. The van der Waals surface area contributed by atoms with Crippen LogP contribution in [-0.2, 0) is 0 Å². The van der Waals surface area contributed by atoms with Gasteiger partial charge in [-0.15, -0.1) is 0 Å². The molecule has 0 atom stereocenters. The number of carbonyl (C=O) groups is 1. The highest BCUT2D eigenvalue weighted by molar-refractivity contribution is 14.1. The molecule has 114 valence electrons. The summed E-state index contributed by atoms with van der Waals surface area (Å²) in [5.74, 6) is -0.284. The Balaban J connectivity index is 2.07. The molecule has 2 N–H and O–H groups in total. The minimum Gasteiger partial charge on any atom is -0.331 e. The van der Waals surface area contributed by atoms with Crippen LogP contribution in [0.1, 0.15) is 15.9 Å². The second kappa shape index (κ2) is 7.59. The van der Waals surface area contributed by atoms with E-state index in [2.05, 4.69) is 33.2 Å². The molecule has 0 spiro atoms. The second-order valence-corrected chi connectivity index (χ2v) is 6.83. The molecule has 0 radical (unpaired) electrons. The van der Waals surface area contributed by atoms with E-state index >= 15 is 0 Å². The molecule has 0 unspecified atom stereocenters. The van der Waals surface area contributed by atoms with Gasteiger partial charge in [0.1, 0.15) is 0 Å². The van der Waals surface area contributed by atoms with Crippen LogP contribution in [0.4, 0.5) is 5.69 Å². The minimum absolute atomic E-state index is 0.157. The van der Waals surface area contributed by atoms with Gasteiger partial charge < -0.3 is 5.32 Å². The van der Waals surface area contributed by atoms with Gasteiger partial charge in [0.15, 0.2) is 5.11 Å². The molecule has 22 heavy (non-hydrogen) atoms. The quantitative estimate of drug-likeness (QED) is 0.483. The van der Waals surface area contributed by atoms with Crippen molar-refractivity contribution in [3.8, 4) is 0 Å². The SMILES string of the molecule is Cc1ccc(C(=O)NC(=S)Nc2cccc(Cl)c2Cl)cc1I. The number of benzene rings is 2. The molecule has 0 aliphatic heterocycles. The lowest BCUT2D eigenvalue weighted by atomic mass is 10.1. The zero-order chi connectivity index (χ0) is 16.3. The molecule has 0 fully saturated rings. The molecule has 0 saturated heterocycles. The maximum atomic E-state index is 12.2. The Morgan fingerprint density at radius 3 is 2.64 bits per heavy atom.